The van der Waals surface area contributed by atoms with E-state index in [2.05, 4.69) is 34.2 Å². The second-order valence-corrected chi connectivity index (χ2v) is 8.30. The molecule has 2 rings (SSSR count). The van der Waals surface area contributed by atoms with E-state index in [0.717, 1.165) is 50.6 Å². The van der Waals surface area contributed by atoms with Gasteiger partial charge < -0.3 is 14.6 Å². The van der Waals surface area contributed by atoms with E-state index < -0.39 is 5.60 Å². The van der Waals surface area contributed by atoms with Gasteiger partial charge in [-0.25, -0.2) is 4.79 Å². The number of alkyl carbamates (subject to hydrolysis) is 1. The number of likely N-dealkylation sites (tertiary alicyclic amines) is 1. The quantitative estimate of drug-likeness (QED) is 0.848. The van der Waals surface area contributed by atoms with Crippen molar-refractivity contribution in [2.24, 2.45) is 11.8 Å². The Balaban J connectivity index is 1.67. The highest BCUT2D eigenvalue weighted by Gasteiger charge is 2.22. The summed E-state index contributed by atoms with van der Waals surface area (Å²) in [6.45, 7) is 13.3. The topological polar surface area (TPSA) is 80.5 Å². The van der Waals surface area contributed by atoms with Gasteiger partial charge in [0.25, 0.3) is 0 Å². The average Bonchev–Trinajstić information content (AvgIpc) is 2.91. The van der Waals surface area contributed by atoms with Gasteiger partial charge in [-0.3, -0.25) is 4.90 Å². The van der Waals surface area contributed by atoms with Crippen LogP contribution in [0.2, 0.25) is 0 Å². The molecular formula is C18H32N4O3. The second-order valence-electron chi connectivity index (χ2n) is 8.30. The molecule has 1 saturated heterocycles. The average molecular weight is 352 g/mol. The van der Waals surface area contributed by atoms with Crippen LogP contribution in [0.5, 0.6) is 0 Å². The summed E-state index contributed by atoms with van der Waals surface area (Å²) in [5.41, 5.74) is -0.452. The Labute approximate surface area is 150 Å². The molecule has 25 heavy (non-hydrogen) atoms. The number of ether oxygens (including phenoxy) is 1. The largest absolute Gasteiger partial charge is 0.444 e. The molecule has 0 saturated carbocycles. The number of hydrogen-bond donors (Lipinski definition) is 1. The smallest absolute Gasteiger partial charge is 0.407 e. The molecule has 1 aromatic heterocycles. The predicted octanol–water partition coefficient (Wildman–Crippen LogP) is 3.00. The van der Waals surface area contributed by atoms with Gasteiger partial charge in [-0.2, -0.15) is 4.98 Å². The summed E-state index contributed by atoms with van der Waals surface area (Å²) in [6.07, 6.45) is 2.59. The zero-order valence-electron chi connectivity index (χ0n) is 16.2. The number of aromatic nitrogens is 2. The fraction of sp³-hybridized carbons (Fsp3) is 0.833. The molecule has 2 heterocycles. The highest BCUT2D eigenvalue weighted by Crippen LogP contribution is 2.18. The van der Waals surface area contributed by atoms with Crippen molar-refractivity contribution < 1.29 is 14.1 Å². The first kappa shape index (κ1) is 19.7. The molecular weight excluding hydrogens is 320 g/mol. The molecule has 1 N–H and O–H groups in total. The molecule has 142 valence electrons. The number of nitrogens with one attached hydrogen (secondary N) is 1. The van der Waals surface area contributed by atoms with Gasteiger partial charge >= 0.3 is 6.09 Å². The highest BCUT2D eigenvalue weighted by molar-refractivity contribution is 5.67. The van der Waals surface area contributed by atoms with Crippen molar-refractivity contribution >= 4 is 6.09 Å². The van der Waals surface area contributed by atoms with Crippen LogP contribution in [0.15, 0.2) is 4.52 Å². The molecule has 0 aliphatic carbocycles. The van der Waals surface area contributed by atoms with Crippen LogP contribution in [0.3, 0.4) is 0 Å². The van der Waals surface area contributed by atoms with Crippen molar-refractivity contribution in [3.63, 3.8) is 0 Å². The van der Waals surface area contributed by atoms with Crippen molar-refractivity contribution in [1.29, 1.82) is 0 Å². The summed E-state index contributed by atoms with van der Waals surface area (Å²) in [5.74, 6) is 2.49. The number of hydrogen-bond acceptors (Lipinski definition) is 6. The van der Waals surface area contributed by atoms with Crippen molar-refractivity contribution in [2.75, 3.05) is 19.6 Å². The number of nitrogens with zero attached hydrogens (tertiary/aromatic N) is 3. The standard InChI is InChI=1S/C18H32N4O3/c1-13(2)10-16-20-15(21-25-16)12-22-8-6-14(7-9-22)11-19-17(23)24-18(3,4)5/h13-14H,6-12H2,1-5H3,(H,19,23). The van der Waals surface area contributed by atoms with Crippen LogP contribution in [0.25, 0.3) is 0 Å². The molecule has 1 aromatic rings. The molecule has 7 heteroatoms. The number of carbonyl (C=O) groups is 1. The summed E-state index contributed by atoms with van der Waals surface area (Å²) in [6, 6.07) is 0. The third-order valence-corrected chi connectivity index (χ3v) is 4.10. The Kier molecular flexibility index (Phi) is 6.81. The molecule has 0 unspecified atom stereocenters. The number of carbonyl (C=O) groups excluding carboxylic acids is 1. The van der Waals surface area contributed by atoms with E-state index in [1.807, 2.05) is 20.8 Å². The molecule has 0 bridgehead atoms. The molecule has 1 amide bonds. The normalized spacial score (nSPS) is 17.0. The van der Waals surface area contributed by atoms with Crippen molar-refractivity contribution in [2.45, 2.75) is 66.0 Å². The minimum atomic E-state index is -0.452. The zero-order valence-corrected chi connectivity index (χ0v) is 16.2. The van der Waals surface area contributed by atoms with E-state index in [1.165, 1.54) is 0 Å². The molecule has 0 atom stereocenters. The van der Waals surface area contributed by atoms with Crippen LogP contribution in [-0.2, 0) is 17.7 Å². The number of rotatable bonds is 6. The van der Waals surface area contributed by atoms with Gasteiger partial charge in [-0.1, -0.05) is 19.0 Å². The van der Waals surface area contributed by atoms with Gasteiger partial charge in [0, 0.05) is 13.0 Å². The van der Waals surface area contributed by atoms with Crippen LogP contribution in [0.4, 0.5) is 4.79 Å². The molecule has 7 nitrogen and oxygen atoms in total. The van der Waals surface area contributed by atoms with E-state index in [0.29, 0.717) is 18.4 Å². The molecule has 1 aliphatic rings. The van der Waals surface area contributed by atoms with E-state index >= 15 is 0 Å². The van der Waals surface area contributed by atoms with Crippen molar-refractivity contribution in [1.82, 2.24) is 20.4 Å². The highest BCUT2D eigenvalue weighted by atomic mass is 16.6. The third-order valence-electron chi connectivity index (χ3n) is 4.10. The van der Waals surface area contributed by atoms with Gasteiger partial charge in [0.1, 0.15) is 5.60 Å². The summed E-state index contributed by atoms with van der Waals surface area (Å²) in [5, 5.41) is 6.95. The van der Waals surface area contributed by atoms with Gasteiger partial charge in [0.05, 0.1) is 6.54 Å². The fourth-order valence-electron chi connectivity index (χ4n) is 2.88. The lowest BCUT2D eigenvalue weighted by atomic mass is 9.97. The summed E-state index contributed by atoms with van der Waals surface area (Å²) in [4.78, 5) is 18.5. The lowest BCUT2D eigenvalue weighted by Crippen LogP contribution is -2.40. The summed E-state index contributed by atoms with van der Waals surface area (Å²) < 4.78 is 10.6. The maximum atomic E-state index is 11.7. The Bertz CT molecular complexity index is 543. The Morgan fingerprint density at radius 3 is 2.64 bits per heavy atom. The Morgan fingerprint density at radius 2 is 2.04 bits per heavy atom. The van der Waals surface area contributed by atoms with E-state index in [-0.39, 0.29) is 6.09 Å². The van der Waals surface area contributed by atoms with Crippen LogP contribution >= 0.6 is 0 Å². The van der Waals surface area contributed by atoms with E-state index in [9.17, 15) is 4.79 Å². The number of piperidine rings is 1. The minimum Gasteiger partial charge on any atom is -0.444 e. The van der Waals surface area contributed by atoms with Gasteiger partial charge in [-0.15, -0.1) is 0 Å². The second kappa shape index (κ2) is 8.65. The molecule has 1 fully saturated rings. The SMILES string of the molecule is CC(C)Cc1nc(CN2CCC(CNC(=O)OC(C)(C)C)CC2)no1. The van der Waals surface area contributed by atoms with Gasteiger partial charge in [0.2, 0.25) is 5.89 Å². The zero-order chi connectivity index (χ0) is 18.4. The Hall–Kier alpha value is -1.63. The maximum absolute atomic E-state index is 11.7. The Morgan fingerprint density at radius 1 is 1.36 bits per heavy atom. The van der Waals surface area contributed by atoms with E-state index in [4.69, 9.17) is 9.26 Å². The van der Waals surface area contributed by atoms with Crippen molar-refractivity contribution in [3.8, 4) is 0 Å². The van der Waals surface area contributed by atoms with Crippen LogP contribution < -0.4 is 5.32 Å². The first-order chi connectivity index (χ1) is 11.7. The summed E-state index contributed by atoms with van der Waals surface area (Å²) in [7, 11) is 0. The lowest BCUT2D eigenvalue weighted by Gasteiger charge is -2.31. The first-order valence-electron chi connectivity index (χ1n) is 9.22. The third kappa shape index (κ3) is 7.42. The monoisotopic (exact) mass is 352 g/mol. The minimum absolute atomic E-state index is 0.334. The fourth-order valence-corrected chi connectivity index (χ4v) is 2.88. The number of amides is 1. The predicted molar refractivity (Wildman–Crippen MR) is 95.1 cm³/mol. The molecule has 0 radical (unpaired) electrons. The molecule has 1 aliphatic heterocycles. The first-order valence-corrected chi connectivity index (χ1v) is 9.22. The maximum Gasteiger partial charge on any atom is 0.407 e. The van der Waals surface area contributed by atoms with Crippen LogP contribution in [0.1, 0.15) is 59.2 Å². The van der Waals surface area contributed by atoms with Gasteiger partial charge in [-0.05, 0) is 58.5 Å². The van der Waals surface area contributed by atoms with Crippen molar-refractivity contribution in [3.05, 3.63) is 11.7 Å². The molecule has 0 spiro atoms. The van der Waals surface area contributed by atoms with Gasteiger partial charge in [0.15, 0.2) is 5.82 Å². The molecule has 0 aromatic carbocycles. The summed E-state index contributed by atoms with van der Waals surface area (Å²) >= 11 is 0. The van der Waals surface area contributed by atoms with Crippen LogP contribution in [0, 0.1) is 11.8 Å². The van der Waals surface area contributed by atoms with E-state index in [1.54, 1.807) is 0 Å². The lowest BCUT2D eigenvalue weighted by molar-refractivity contribution is 0.0509. The van der Waals surface area contributed by atoms with Crippen LogP contribution in [-0.4, -0.2) is 46.4 Å².